The summed E-state index contributed by atoms with van der Waals surface area (Å²) in [6.07, 6.45) is 6.97. The first-order valence-corrected chi connectivity index (χ1v) is 11.9. The molecule has 0 amide bonds. The second-order valence-corrected chi connectivity index (χ2v) is 8.93. The molecule has 7 nitrogen and oxygen atoms in total. The van der Waals surface area contributed by atoms with Crippen LogP contribution in [0.4, 0.5) is 4.39 Å². The third kappa shape index (κ3) is 4.34. The summed E-state index contributed by atoms with van der Waals surface area (Å²) in [5, 5.41) is 15.7. The van der Waals surface area contributed by atoms with E-state index in [0.29, 0.717) is 11.5 Å². The van der Waals surface area contributed by atoms with Crippen molar-refractivity contribution in [3.63, 3.8) is 0 Å². The van der Waals surface area contributed by atoms with Crippen molar-refractivity contribution >= 4 is 10.9 Å². The Bertz CT molecular complexity index is 1390. The van der Waals surface area contributed by atoms with Gasteiger partial charge in [0.2, 0.25) is 5.82 Å². The zero-order chi connectivity index (χ0) is 25.2. The van der Waals surface area contributed by atoms with Gasteiger partial charge in [0.05, 0.1) is 37.6 Å². The van der Waals surface area contributed by atoms with Crippen LogP contribution >= 0.6 is 0 Å². The van der Waals surface area contributed by atoms with Crippen molar-refractivity contribution in [2.75, 3.05) is 14.2 Å². The fourth-order valence-corrected chi connectivity index (χ4v) is 4.87. The standard InChI is InChI=1S/C28H28FN3O4/c1-17(33)18-7-11-20(12-8-18)32-28-22(15-30-16-25(28)35-3)27(31-32)19-9-13-21(14-10-19)36-24-6-4-5-23(34-2)26(24)29/h4-6,9-10,13-16,18,20,33H,1,7-8,11-12H2,2-3H3. The second kappa shape index (κ2) is 9.89. The van der Waals surface area contributed by atoms with Gasteiger partial charge in [-0.05, 0) is 62.1 Å². The highest BCUT2D eigenvalue weighted by atomic mass is 19.1. The van der Waals surface area contributed by atoms with Crippen LogP contribution in [-0.2, 0) is 0 Å². The first kappa shape index (κ1) is 23.7. The molecule has 4 aromatic rings. The molecule has 0 radical (unpaired) electrons. The van der Waals surface area contributed by atoms with Gasteiger partial charge in [-0.3, -0.25) is 9.67 Å². The van der Waals surface area contributed by atoms with Crippen LogP contribution in [0.15, 0.2) is 67.2 Å². The minimum absolute atomic E-state index is 0.0897. The number of nitrogens with zero attached hydrogens (tertiary/aromatic N) is 3. The van der Waals surface area contributed by atoms with Gasteiger partial charge in [-0.25, -0.2) is 0 Å². The lowest BCUT2D eigenvalue weighted by atomic mass is 9.85. The van der Waals surface area contributed by atoms with E-state index in [4.69, 9.17) is 19.3 Å². The molecule has 186 valence electrons. The molecule has 0 aliphatic heterocycles. The van der Waals surface area contributed by atoms with E-state index in [2.05, 4.69) is 11.6 Å². The van der Waals surface area contributed by atoms with E-state index in [1.54, 1.807) is 49.8 Å². The average Bonchev–Trinajstić information content (AvgIpc) is 3.30. The van der Waals surface area contributed by atoms with Crippen molar-refractivity contribution in [2.24, 2.45) is 5.92 Å². The number of aromatic nitrogens is 3. The van der Waals surface area contributed by atoms with E-state index >= 15 is 0 Å². The first-order chi connectivity index (χ1) is 17.5. The first-order valence-electron chi connectivity index (χ1n) is 11.9. The molecule has 1 aliphatic rings. The van der Waals surface area contributed by atoms with Crippen LogP contribution in [0.3, 0.4) is 0 Å². The molecular weight excluding hydrogens is 461 g/mol. The SMILES string of the molecule is C=C(O)C1CCC(n2nc(-c3ccc(Oc4cccc(OC)c4F)cc3)c3cncc(OC)c32)CC1. The van der Waals surface area contributed by atoms with Crippen molar-refractivity contribution in [1.82, 2.24) is 14.8 Å². The number of rotatable bonds is 7. The lowest BCUT2D eigenvalue weighted by molar-refractivity contribution is 0.232. The summed E-state index contributed by atoms with van der Waals surface area (Å²) >= 11 is 0. The van der Waals surface area contributed by atoms with E-state index < -0.39 is 5.82 Å². The van der Waals surface area contributed by atoms with Gasteiger partial charge in [0.25, 0.3) is 0 Å². The fourth-order valence-electron chi connectivity index (χ4n) is 4.87. The highest BCUT2D eigenvalue weighted by molar-refractivity contribution is 5.96. The summed E-state index contributed by atoms with van der Waals surface area (Å²) in [5.74, 6) is 1.21. The Labute approximate surface area is 208 Å². The highest BCUT2D eigenvalue weighted by Crippen LogP contribution is 2.40. The number of pyridine rings is 1. The van der Waals surface area contributed by atoms with Crippen molar-refractivity contribution in [3.8, 4) is 34.3 Å². The lowest BCUT2D eigenvalue weighted by Gasteiger charge is -2.28. The van der Waals surface area contributed by atoms with Crippen LogP contribution in [0.1, 0.15) is 31.7 Å². The third-order valence-electron chi connectivity index (χ3n) is 6.81. The molecule has 5 rings (SSSR count). The highest BCUT2D eigenvalue weighted by Gasteiger charge is 2.28. The molecule has 36 heavy (non-hydrogen) atoms. The summed E-state index contributed by atoms with van der Waals surface area (Å²) in [6, 6.07) is 12.3. The molecule has 0 unspecified atom stereocenters. The Morgan fingerprint density at radius 3 is 2.33 bits per heavy atom. The topological polar surface area (TPSA) is 78.6 Å². The molecule has 2 heterocycles. The van der Waals surface area contributed by atoms with Gasteiger partial charge in [0, 0.05) is 17.7 Å². The quantitative estimate of drug-likeness (QED) is 0.286. The van der Waals surface area contributed by atoms with Crippen molar-refractivity contribution in [3.05, 3.63) is 73.0 Å². The van der Waals surface area contributed by atoms with E-state index in [9.17, 15) is 9.50 Å². The molecule has 2 aromatic heterocycles. The van der Waals surface area contributed by atoms with Crippen molar-refractivity contribution in [1.29, 1.82) is 0 Å². The van der Waals surface area contributed by atoms with Crippen LogP contribution in [-0.4, -0.2) is 34.1 Å². The van der Waals surface area contributed by atoms with Gasteiger partial charge in [-0.1, -0.05) is 12.6 Å². The van der Waals surface area contributed by atoms with Gasteiger partial charge in [0.1, 0.15) is 17.0 Å². The van der Waals surface area contributed by atoms with Gasteiger partial charge in [0.15, 0.2) is 17.2 Å². The summed E-state index contributed by atoms with van der Waals surface area (Å²) in [5.41, 5.74) is 2.56. The van der Waals surface area contributed by atoms with Gasteiger partial charge >= 0.3 is 0 Å². The molecule has 0 saturated heterocycles. The molecule has 1 fully saturated rings. The van der Waals surface area contributed by atoms with Gasteiger partial charge < -0.3 is 19.3 Å². The summed E-state index contributed by atoms with van der Waals surface area (Å²) in [6.45, 7) is 3.71. The van der Waals surface area contributed by atoms with Crippen molar-refractivity contribution < 1.29 is 23.7 Å². The van der Waals surface area contributed by atoms with E-state index in [-0.39, 0.29) is 29.2 Å². The molecule has 1 N–H and O–H groups in total. The molecule has 8 heteroatoms. The van der Waals surface area contributed by atoms with Crippen LogP contribution < -0.4 is 14.2 Å². The molecule has 1 aliphatic carbocycles. The predicted octanol–water partition coefficient (Wildman–Crippen LogP) is 6.85. The number of allylic oxidation sites excluding steroid dienone is 1. The van der Waals surface area contributed by atoms with E-state index in [1.165, 1.54) is 7.11 Å². The number of hydrogen-bond acceptors (Lipinski definition) is 6. The molecule has 0 spiro atoms. The normalized spacial score (nSPS) is 17.6. The smallest absolute Gasteiger partial charge is 0.207 e. The summed E-state index contributed by atoms with van der Waals surface area (Å²) < 4.78 is 33.0. The monoisotopic (exact) mass is 489 g/mol. The summed E-state index contributed by atoms with van der Waals surface area (Å²) in [4.78, 5) is 4.36. The number of methoxy groups -OCH3 is 2. The molecule has 2 aromatic carbocycles. The number of ether oxygens (including phenoxy) is 3. The minimum Gasteiger partial charge on any atom is -0.513 e. The molecule has 1 saturated carbocycles. The average molecular weight is 490 g/mol. The number of benzene rings is 2. The Hall–Kier alpha value is -4.07. The molecule has 0 atom stereocenters. The number of hydrogen-bond donors (Lipinski definition) is 1. The van der Waals surface area contributed by atoms with E-state index in [1.807, 2.05) is 16.8 Å². The largest absolute Gasteiger partial charge is 0.513 e. The predicted molar refractivity (Wildman–Crippen MR) is 135 cm³/mol. The number of fused-ring (bicyclic) bond motifs is 1. The van der Waals surface area contributed by atoms with Gasteiger partial charge in [-0.2, -0.15) is 9.49 Å². The van der Waals surface area contributed by atoms with Crippen LogP contribution in [0, 0.1) is 11.7 Å². The summed E-state index contributed by atoms with van der Waals surface area (Å²) in [7, 11) is 3.04. The van der Waals surface area contributed by atoms with Crippen LogP contribution in [0.2, 0.25) is 0 Å². The van der Waals surface area contributed by atoms with Crippen LogP contribution in [0.5, 0.6) is 23.0 Å². The Kier molecular flexibility index (Phi) is 6.50. The van der Waals surface area contributed by atoms with Crippen LogP contribution in [0.25, 0.3) is 22.2 Å². The Balaban J connectivity index is 1.48. The Morgan fingerprint density at radius 1 is 0.972 bits per heavy atom. The number of aliphatic hydroxyl groups excluding tert-OH is 1. The zero-order valence-corrected chi connectivity index (χ0v) is 20.3. The maximum atomic E-state index is 14.5. The third-order valence-corrected chi connectivity index (χ3v) is 6.81. The zero-order valence-electron chi connectivity index (χ0n) is 20.3. The fraction of sp³-hybridized carbons (Fsp3) is 0.286. The minimum atomic E-state index is -0.550. The second-order valence-electron chi connectivity index (χ2n) is 8.93. The molecular formula is C28H28FN3O4. The lowest BCUT2D eigenvalue weighted by Crippen LogP contribution is -2.20. The molecule has 0 bridgehead atoms. The van der Waals surface area contributed by atoms with Gasteiger partial charge in [-0.15, -0.1) is 0 Å². The van der Waals surface area contributed by atoms with Crippen molar-refractivity contribution in [2.45, 2.75) is 31.7 Å². The Morgan fingerprint density at radius 2 is 1.67 bits per heavy atom. The number of halogens is 1. The van der Waals surface area contributed by atoms with E-state index in [0.717, 1.165) is 47.8 Å². The maximum Gasteiger partial charge on any atom is 0.207 e. The maximum absolute atomic E-state index is 14.5. The number of aliphatic hydroxyl groups is 1.